The third-order valence-corrected chi connectivity index (χ3v) is 0. The molecule has 0 nitrogen and oxygen atoms in total. The fourth-order valence-electron chi connectivity index (χ4n) is 0. The van der Waals surface area contributed by atoms with Gasteiger partial charge in [-0.2, -0.15) is 0 Å². The molecule has 0 aliphatic heterocycles. The summed E-state index contributed by atoms with van der Waals surface area (Å²) in [5, 5.41) is 0. The van der Waals surface area contributed by atoms with Gasteiger partial charge in [0.15, 0.2) is 69.4 Å². The minimum atomic E-state index is 0. The van der Waals surface area contributed by atoms with Crippen LogP contribution in [0.5, 0.6) is 0 Å². The van der Waals surface area contributed by atoms with Crippen LogP contribution in [0, 0.1) is 40.8 Å². The first-order chi connectivity index (χ1) is 0. The Balaban J connectivity index is 0. The third kappa shape index (κ3) is 18.5. The van der Waals surface area contributed by atoms with Crippen molar-refractivity contribution in [1.82, 2.24) is 0 Å². The van der Waals surface area contributed by atoms with Gasteiger partial charge in [0.25, 0.3) is 0 Å². The molecule has 0 saturated heterocycles. The summed E-state index contributed by atoms with van der Waals surface area (Å²) in [5.74, 6) is 0. The molecule has 0 aromatic heterocycles. The van der Waals surface area contributed by atoms with E-state index in [1.54, 1.807) is 0 Å². The van der Waals surface area contributed by atoms with Gasteiger partial charge in [0.2, 0.25) is 0 Å². The molecule has 5 heteroatoms. The first kappa shape index (κ1) is 39.2. The maximum Gasteiger partial charge on any atom is 0.187 e. The van der Waals surface area contributed by atoms with Crippen LogP contribution in [0.15, 0.2) is 0 Å². The zero-order valence-corrected chi connectivity index (χ0v) is 3.71. The minimum Gasteiger partial charge on any atom is 0 e. The normalized spacial score (nSPS) is 0. The molecule has 0 atom stereocenters. The monoisotopic (exact) mass is 262 g/mol. The van der Waals surface area contributed by atoms with Crippen LogP contribution in [0.25, 0.3) is 0 Å². The molecule has 0 aromatic carbocycles. The van der Waals surface area contributed by atoms with Crippen molar-refractivity contribution in [2.24, 2.45) is 0 Å². The van der Waals surface area contributed by atoms with E-state index in [9.17, 15) is 0 Å². The predicted molar refractivity (Wildman–Crippen MR) is 39.8 cm³/mol. The Morgan fingerprint density at radius 2 is 0.400 bits per heavy atom. The second-order valence-corrected chi connectivity index (χ2v) is 0. The Morgan fingerprint density at radius 3 is 0.400 bits per heavy atom. The summed E-state index contributed by atoms with van der Waals surface area (Å²) in [6.07, 6.45) is 0. The van der Waals surface area contributed by atoms with Crippen molar-refractivity contribution < 1.29 is 40.8 Å². The summed E-state index contributed by atoms with van der Waals surface area (Å²) in [4.78, 5) is 0. The van der Waals surface area contributed by atoms with Crippen LogP contribution < -0.4 is 0 Å². The molecule has 28 valence electrons. The van der Waals surface area contributed by atoms with Gasteiger partial charge >= 0.3 is 0 Å². The Kier molecular flexibility index (Phi) is 203. The SMILES string of the molecule is [AlH3].[AlH3].[AlH3].[AlH3].[Nd]. The van der Waals surface area contributed by atoms with E-state index in [-0.39, 0.29) is 110 Å². The van der Waals surface area contributed by atoms with Crippen LogP contribution in [-0.2, 0) is 0 Å². The summed E-state index contributed by atoms with van der Waals surface area (Å²) in [6.45, 7) is 0. The van der Waals surface area contributed by atoms with Gasteiger partial charge in [-0.25, -0.2) is 0 Å². The van der Waals surface area contributed by atoms with E-state index in [0.717, 1.165) is 0 Å². The molecule has 0 aliphatic carbocycles. The molecule has 0 amide bonds. The molecular weight excluding hydrogens is 252 g/mol. The molecule has 5 heavy (non-hydrogen) atoms. The summed E-state index contributed by atoms with van der Waals surface area (Å²) < 4.78 is 0. The van der Waals surface area contributed by atoms with Crippen molar-refractivity contribution in [3.05, 3.63) is 0 Å². The van der Waals surface area contributed by atoms with Crippen molar-refractivity contribution in [1.29, 1.82) is 0 Å². The van der Waals surface area contributed by atoms with Crippen LogP contribution in [0.3, 0.4) is 0 Å². The smallest absolute Gasteiger partial charge is 0 e. The largest absolute Gasteiger partial charge is 0.187 e. The molecule has 0 fully saturated rings. The molecule has 0 saturated carbocycles. The fraction of sp³-hybridized carbons (Fsp3) is 0. The van der Waals surface area contributed by atoms with Crippen LogP contribution in [0.1, 0.15) is 0 Å². The van der Waals surface area contributed by atoms with Crippen molar-refractivity contribution in [3.63, 3.8) is 0 Å². The van der Waals surface area contributed by atoms with Gasteiger partial charge in [-0.15, -0.1) is 0 Å². The second-order valence-electron chi connectivity index (χ2n) is 0. The number of rotatable bonds is 0. The Morgan fingerprint density at radius 1 is 0.400 bits per heavy atom. The van der Waals surface area contributed by atoms with Gasteiger partial charge in [-0.3, -0.25) is 0 Å². The van der Waals surface area contributed by atoms with E-state index < -0.39 is 0 Å². The summed E-state index contributed by atoms with van der Waals surface area (Å²) >= 11 is 0. The van der Waals surface area contributed by atoms with Crippen LogP contribution in [0.4, 0.5) is 0 Å². The standard InChI is InChI=1S/4Al.Nd.12H. The molecule has 0 heterocycles. The minimum absolute atomic E-state index is 0. The summed E-state index contributed by atoms with van der Waals surface area (Å²) in [6, 6.07) is 0. The van der Waals surface area contributed by atoms with Crippen LogP contribution in [-0.4, -0.2) is 69.4 Å². The molecule has 0 radical (unpaired) electrons. The average molecular weight is 264 g/mol. The molecule has 0 spiro atoms. The maximum atomic E-state index is 0. The van der Waals surface area contributed by atoms with Crippen molar-refractivity contribution in [3.8, 4) is 0 Å². The zero-order valence-electron chi connectivity index (χ0n) is 0.500. The van der Waals surface area contributed by atoms with E-state index in [1.807, 2.05) is 0 Å². The molecule has 0 aliphatic rings. The maximum absolute atomic E-state index is 0. The second kappa shape index (κ2) is 25.9. The van der Waals surface area contributed by atoms with Gasteiger partial charge in [-0.05, 0) is 0 Å². The van der Waals surface area contributed by atoms with Crippen LogP contribution >= 0.6 is 0 Å². The Hall–Kier alpha value is 3.48. The van der Waals surface area contributed by atoms with Gasteiger partial charge in [-0.1, -0.05) is 0 Å². The van der Waals surface area contributed by atoms with Crippen LogP contribution in [0.2, 0.25) is 0 Å². The Labute approximate surface area is 108 Å². The third-order valence-electron chi connectivity index (χ3n) is 0. The van der Waals surface area contributed by atoms with E-state index in [1.165, 1.54) is 0 Å². The zero-order chi connectivity index (χ0) is 0. The van der Waals surface area contributed by atoms with Gasteiger partial charge in [0, 0.05) is 40.8 Å². The molecule has 0 aromatic rings. The quantitative estimate of drug-likeness (QED) is 0.386. The van der Waals surface area contributed by atoms with E-state index in [0.29, 0.717) is 0 Å². The topological polar surface area (TPSA) is 0 Å². The predicted octanol–water partition coefficient (Wildman–Crippen LogP) is -4.74. The summed E-state index contributed by atoms with van der Waals surface area (Å²) in [5.41, 5.74) is 0. The van der Waals surface area contributed by atoms with Crippen molar-refractivity contribution >= 4 is 69.4 Å². The Bertz CT molecular complexity index is 3.61. The molecular formula is H12Al4Nd. The van der Waals surface area contributed by atoms with Gasteiger partial charge < -0.3 is 0 Å². The first-order valence-electron chi connectivity index (χ1n) is 0. The molecule has 0 N–H and O–H groups in total. The van der Waals surface area contributed by atoms with E-state index in [4.69, 9.17) is 0 Å². The van der Waals surface area contributed by atoms with E-state index >= 15 is 0 Å². The molecule has 0 unspecified atom stereocenters. The van der Waals surface area contributed by atoms with Gasteiger partial charge in [0.05, 0.1) is 0 Å². The molecule has 0 rings (SSSR count). The first-order valence-corrected chi connectivity index (χ1v) is 0. The van der Waals surface area contributed by atoms with Gasteiger partial charge in [0.1, 0.15) is 0 Å². The number of hydrogen-bond donors (Lipinski definition) is 0. The number of hydrogen-bond acceptors (Lipinski definition) is 0. The van der Waals surface area contributed by atoms with Crippen molar-refractivity contribution in [2.75, 3.05) is 0 Å². The van der Waals surface area contributed by atoms with Crippen molar-refractivity contribution in [2.45, 2.75) is 0 Å². The fourth-order valence-corrected chi connectivity index (χ4v) is 0. The molecule has 0 bridgehead atoms. The average Bonchev–Trinajstić information content (AvgIpc) is 0. The van der Waals surface area contributed by atoms with E-state index in [2.05, 4.69) is 0 Å². The summed E-state index contributed by atoms with van der Waals surface area (Å²) in [7, 11) is 0.